The van der Waals surface area contributed by atoms with Gasteiger partial charge in [0.15, 0.2) is 5.82 Å². The van der Waals surface area contributed by atoms with Gasteiger partial charge in [0.1, 0.15) is 17.5 Å². The molecule has 146 valence electrons. The molecule has 0 aromatic carbocycles. The van der Waals surface area contributed by atoms with Crippen LogP contribution in [0, 0.1) is 20.8 Å². The first-order valence-electron chi connectivity index (χ1n) is 9.39. The zero-order valence-electron chi connectivity index (χ0n) is 16.4. The molecule has 1 aliphatic rings. The lowest BCUT2D eigenvalue weighted by atomic mass is 10.2. The van der Waals surface area contributed by atoms with E-state index >= 15 is 0 Å². The number of H-pyrrole nitrogens is 2. The summed E-state index contributed by atoms with van der Waals surface area (Å²) >= 11 is 0. The van der Waals surface area contributed by atoms with E-state index < -0.39 is 0 Å². The lowest BCUT2D eigenvalue weighted by molar-refractivity contribution is 0.244. The van der Waals surface area contributed by atoms with Crippen LogP contribution in [0.4, 0.5) is 5.82 Å². The Bertz CT molecular complexity index is 1020. The summed E-state index contributed by atoms with van der Waals surface area (Å²) in [6.45, 7) is 9.95. The molecule has 4 heterocycles. The summed E-state index contributed by atoms with van der Waals surface area (Å²) in [4.78, 5) is 32.8. The fourth-order valence-corrected chi connectivity index (χ4v) is 3.29. The van der Waals surface area contributed by atoms with Crippen molar-refractivity contribution in [3.05, 3.63) is 51.6 Å². The highest BCUT2D eigenvalue weighted by atomic mass is 16.1. The summed E-state index contributed by atoms with van der Waals surface area (Å²) in [5.41, 5.74) is 2.08. The first-order chi connectivity index (χ1) is 13.5. The number of nitrogens with zero attached hydrogens (tertiary/aromatic N) is 6. The Morgan fingerprint density at radius 1 is 1.07 bits per heavy atom. The van der Waals surface area contributed by atoms with Crippen LogP contribution in [0.2, 0.25) is 0 Å². The minimum atomic E-state index is -0.107. The molecule has 3 aromatic heterocycles. The predicted octanol–water partition coefficient (Wildman–Crippen LogP) is 1.20. The molecule has 1 fully saturated rings. The number of anilines is 1. The molecule has 28 heavy (non-hydrogen) atoms. The minimum Gasteiger partial charge on any atom is -0.354 e. The molecule has 0 spiro atoms. The van der Waals surface area contributed by atoms with Crippen molar-refractivity contribution < 1.29 is 0 Å². The van der Waals surface area contributed by atoms with Crippen LogP contribution in [0.1, 0.15) is 22.9 Å². The van der Waals surface area contributed by atoms with Gasteiger partial charge in [-0.25, -0.2) is 15.0 Å². The number of hydrogen-bond donors (Lipinski definition) is 2. The molecule has 0 bridgehead atoms. The third-order valence-electron chi connectivity index (χ3n) is 5.12. The average Bonchev–Trinajstić information content (AvgIpc) is 3.11. The maximum absolute atomic E-state index is 12.0. The third-order valence-corrected chi connectivity index (χ3v) is 5.12. The van der Waals surface area contributed by atoms with E-state index in [1.807, 2.05) is 26.0 Å². The summed E-state index contributed by atoms with van der Waals surface area (Å²) in [7, 11) is 0. The fourth-order valence-electron chi connectivity index (χ4n) is 3.29. The van der Waals surface area contributed by atoms with Gasteiger partial charge in [-0.05, 0) is 32.9 Å². The lowest BCUT2D eigenvalue weighted by Crippen LogP contribution is -2.46. The van der Waals surface area contributed by atoms with Crippen LogP contribution < -0.4 is 10.5 Å². The number of aromatic nitrogens is 6. The summed E-state index contributed by atoms with van der Waals surface area (Å²) in [5.74, 6) is 3.17. The number of aromatic amines is 2. The molecule has 0 amide bonds. The highest BCUT2D eigenvalue weighted by Crippen LogP contribution is 2.19. The van der Waals surface area contributed by atoms with Crippen molar-refractivity contribution in [2.24, 2.45) is 0 Å². The number of hydrogen-bond acceptors (Lipinski definition) is 7. The van der Waals surface area contributed by atoms with Gasteiger partial charge in [-0.15, -0.1) is 0 Å². The van der Waals surface area contributed by atoms with Gasteiger partial charge in [0.25, 0.3) is 5.56 Å². The van der Waals surface area contributed by atoms with Crippen LogP contribution in [0.15, 0.2) is 23.1 Å². The highest BCUT2D eigenvalue weighted by molar-refractivity contribution is 5.56. The van der Waals surface area contributed by atoms with Gasteiger partial charge < -0.3 is 9.88 Å². The molecule has 1 saturated heterocycles. The Morgan fingerprint density at radius 3 is 2.46 bits per heavy atom. The molecule has 9 heteroatoms. The maximum Gasteiger partial charge on any atom is 0.254 e. The Labute approximate surface area is 162 Å². The predicted molar refractivity (Wildman–Crippen MR) is 106 cm³/mol. The van der Waals surface area contributed by atoms with Crippen molar-refractivity contribution >= 4 is 5.82 Å². The quantitative estimate of drug-likeness (QED) is 0.700. The topological polar surface area (TPSA) is 107 Å². The summed E-state index contributed by atoms with van der Waals surface area (Å²) in [6.07, 6.45) is 1.77. The third kappa shape index (κ3) is 3.79. The number of piperazine rings is 1. The second-order valence-corrected chi connectivity index (χ2v) is 7.13. The highest BCUT2D eigenvalue weighted by Gasteiger charge is 2.19. The van der Waals surface area contributed by atoms with Crippen molar-refractivity contribution in [3.63, 3.8) is 0 Å². The SMILES string of the molecule is Cc1nc(CN2CCN(c3ccc(-c4nc(C)c(C)c(=O)[nH]4)cn3)CC2)n[nH]1. The van der Waals surface area contributed by atoms with Crippen molar-refractivity contribution in [2.45, 2.75) is 27.3 Å². The molecule has 0 saturated carbocycles. The maximum atomic E-state index is 12.0. The second kappa shape index (κ2) is 7.51. The van der Waals surface area contributed by atoms with Gasteiger partial charge in [-0.1, -0.05) is 0 Å². The summed E-state index contributed by atoms with van der Waals surface area (Å²) in [5, 5.41) is 7.09. The van der Waals surface area contributed by atoms with Gasteiger partial charge in [-0.3, -0.25) is 14.8 Å². The molecule has 0 radical (unpaired) electrons. The Hall–Kier alpha value is -3.07. The van der Waals surface area contributed by atoms with Gasteiger partial charge >= 0.3 is 0 Å². The van der Waals surface area contributed by atoms with E-state index in [0.717, 1.165) is 61.4 Å². The second-order valence-electron chi connectivity index (χ2n) is 7.13. The number of nitrogens with one attached hydrogen (secondary N) is 2. The zero-order valence-corrected chi connectivity index (χ0v) is 16.4. The van der Waals surface area contributed by atoms with Crippen LogP contribution in [0.5, 0.6) is 0 Å². The first kappa shape index (κ1) is 18.3. The van der Waals surface area contributed by atoms with Crippen LogP contribution in [-0.2, 0) is 6.54 Å². The minimum absolute atomic E-state index is 0.107. The molecular weight excluding hydrogens is 356 g/mol. The van der Waals surface area contributed by atoms with Crippen molar-refractivity contribution in [1.29, 1.82) is 0 Å². The van der Waals surface area contributed by atoms with Crippen LogP contribution in [-0.4, -0.2) is 61.2 Å². The summed E-state index contributed by atoms with van der Waals surface area (Å²) < 4.78 is 0. The normalized spacial score (nSPS) is 15.2. The molecule has 2 N–H and O–H groups in total. The van der Waals surface area contributed by atoms with Crippen molar-refractivity contribution in [1.82, 2.24) is 35.0 Å². The summed E-state index contributed by atoms with van der Waals surface area (Å²) in [6, 6.07) is 3.94. The molecule has 9 nitrogen and oxygen atoms in total. The molecular formula is C19H24N8O. The first-order valence-corrected chi connectivity index (χ1v) is 9.39. The van der Waals surface area contributed by atoms with Crippen LogP contribution in [0.25, 0.3) is 11.4 Å². The van der Waals surface area contributed by atoms with E-state index in [1.54, 1.807) is 13.1 Å². The smallest absolute Gasteiger partial charge is 0.254 e. The van der Waals surface area contributed by atoms with Gasteiger partial charge in [0.05, 0.1) is 6.54 Å². The molecule has 0 unspecified atom stereocenters. The standard InChI is InChI=1S/C19H24N8O/c1-12-13(2)21-18(23-19(12)28)15-4-5-17(20-10-15)27-8-6-26(7-9-27)11-16-22-14(3)24-25-16/h4-5,10H,6-9,11H2,1-3H3,(H,21,23,28)(H,22,24,25). The molecule has 4 rings (SSSR count). The molecule has 3 aromatic rings. The molecule has 0 aliphatic carbocycles. The van der Waals surface area contributed by atoms with E-state index in [2.05, 4.69) is 39.9 Å². The van der Waals surface area contributed by atoms with E-state index in [-0.39, 0.29) is 5.56 Å². The Morgan fingerprint density at radius 2 is 1.86 bits per heavy atom. The average molecular weight is 380 g/mol. The van der Waals surface area contributed by atoms with Crippen molar-refractivity contribution in [3.8, 4) is 11.4 Å². The Balaban J connectivity index is 1.40. The van der Waals surface area contributed by atoms with Crippen molar-refractivity contribution in [2.75, 3.05) is 31.1 Å². The van der Waals surface area contributed by atoms with Crippen LogP contribution in [0.3, 0.4) is 0 Å². The van der Waals surface area contributed by atoms with E-state index in [0.29, 0.717) is 11.4 Å². The number of aryl methyl sites for hydroxylation is 2. The zero-order chi connectivity index (χ0) is 19.7. The number of rotatable bonds is 4. The van der Waals surface area contributed by atoms with Crippen LogP contribution >= 0.6 is 0 Å². The van der Waals surface area contributed by atoms with E-state index in [4.69, 9.17) is 0 Å². The largest absolute Gasteiger partial charge is 0.354 e. The van der Waals surface area contributed by atoms with E-state index in [9.17, 15) is 4.79 Å². The van der Waals surface area contributed by atoms with Gasteiger partial charge in [-0.2, -0.15) is 5.10 Å². The fraction of sp³-hybridized carbons (Fsp3) is 0.421. The molecule has 1 aliphatic heterocycles. The van der Waals surface area contributed by atoms with E-state index in [1.165, 1.54) is 0 Å². The Kier molecular flexibility index (Phi) is 4.91. The van der Waals surface area contributed by atoms with Gasteiger partial charge in [0.2, 0.25) is 0 Å². The monoisotopic (exact) mass is 380 g/mol. The molecule has 0 atom stereocenters. The van der Waals surface area contributed by atoms with Gasteiger partial charge in [0, 0.05) is 49.2 Å². The lowest BCUT2D eigenvalue weighted by Gasteiger charge is -2.34. The number of pyridine rings is 1.